The van der Waals surface area contributed by atoms with Gasteiger partial charge in [-0.2, -0.15) is 0 Å². The summed E-state index contributed by atoms with van der Waals surface area (Å²) in [6.07, 6.45) is 5.20. The number of hydrogen-bond acceptors (Lipinski definition) is 2. The van der Waals surface area contributed by atoms with Gasteiger partial charge in [0.05, 0.1) is 0 Å². The number of piperidine rings is 1. The van der Waals surface area contributed by atoms with Crippen LogP contribution >= 0.6 is 0 Å². The highest BCUT2D eigenvalue weighted by Gasteiger charge is 2.17. The van der Waals surface area contributed by atoms with Gasteiger partial charge in [0, 0.05) is 0 Å². The zero-order chi connectivity index (χ0) is 12.2. The van der Waals surface area contributed by atoms with Crippen LogP contribution in [0.4, 0.5) is 0 Å². The van der Waals surface area contributed by atoms with Crippen molar-refractivity contribution in [1.29, 1.82) is 0 Å². The molecule has 18 heavy (non-hydrogen) atoms. The normalized spacial score (nSPS) is 25.4. The fraction of sp³-hybridized carbons (Fsp3) is 0.625. The van der Waals surface area contributed by atoms with E-state index in [0.717, 1.165) is 11.8 Å². The van der Waals surface area contributed by atoms with Crippen LogP contribution in [0.3, 0.4) is 0 Å². The minimum Gasteiger partial charge on any atom is -0.317 e. The van der Waals surface area contributed by atoms with Gasteiger partial charge < -0.3 is 10.6 Å². The predicted octanol–water partition coefficient (Wildman–Crippen LogP) is 2.31. The molecule has 0 bridgehead atoms. The Morgan fingerprint density at radius 3 is 2.61 bits per heavy atom. The van der Waals surface area contributed by atoms with Crippen molar-refractivity contribution in [1.82, 2.24) is 10.6 Å². The third kappa shape index (κ3) is 2.93. The molecule has 1 unspecified atom stereocenters. The Morgan fingerprint density at radius 2 is 1.83 bits per heavy atom. The van der Waals surface area contributed by atoms with Gasteiger partial charge in [-0.05, 0) is 74.8 Å². The van der Waals surface area contributed by atoms with Crippen LogP contribution < -0.4 is 10.6 Å². The van der Waals surface area contributed by atoms with Gasteiger partial charge in [0.2, 0.25) is 0 Å². The van der Waals surface area contributed by atoms with Crippen LogP contribution in [0, 0.1) is 5.92 Å². The molecule has 0 spiro atoms. The maximum atomic E-state index is 3.46. The highest BCUT2D eigenvalue weighted by molar-refractivity contribution is 5.27. The average molecular weight is 244 g/mol. The predicted molar refractivity (Wildman–Crippen MR) is 76.0 cm³/mol. The molecule has 1 aromatic carbocycles. The lowest BCUT2D eigenvalue weighted by Gasteiger charge is -2.23. The van der Waals surface area contributed by atoms with Gasteiger partial charge in [0.25, 0.3) is 0 Å². The van der Waals surface area contributed by atoms with Crippen molar-refractivity contribution in [2.75, 3.05) is 26.2 Å². The maximum absolute atomic E-state index is 3.46. The van der Waals surface area contributed by atoms with Crippen molar-refractivity contribution in [2.24, 2.45) is 5.92 Å². The lowest BCUT2D eigenvalue weighted by Crippen LogP contribution is -2.26. The molecule has 98 valence electrons. The van der Waals surface area contributed by atoms with Crippen LogP contribution in [-0.2, 0) is 6.42 Å². The Hall–Kier alpha value is -0.860. The first-order chi connectivity index (χ1) is 8.92. The van der Waals surface area contributed by atoms with Gasteiger partial charge in [0.15, 0.2) is 0 Å². The Bertz CT molecular complexity index is 376. The van der Waals surface area contributed by atoms with E-state index in [1.807, 2.05) is 0 Å². The van der Waals surface area contributed by atoms with E-state index in [4.69, 9.17) is 0 Å². The summed E-state index contributed by atoms with van der Waals surface area (Å²) < 4.78 is 0. The molecular formula is C16H24N2. The summed E-state index contributed by atoms with van der Waals surface area (Å²) in [5, 5.41) is 6.91. The number of nitrogens with one attached hydrogen (secondary N) is 2. The minimum absolute atomic E-state index is 0.785. The fourth-order valence-corrected chi connectivity index (χ4v) is 3.35. The second-order valence-electron chi connectivity index (χ2n) is 5.83. The monoisotopic (exact) mass is 244 g/mol. The van der Waals surface area contributed by atoms with Gasteiger partial charge in [-0.1, -0.05) is 24.3 Å². The van der Waals surface area contributed by atoms with Gasteiger partial charge in [-0.15, -0.1) is 0 Å². The first-order valence-electron chi connectivity index (χ1n) is 7.42. The second-order valence-corrected chi connectivity index (χ2v) is 5.83. The summed E-state index contributed by atoms with van der Waals surface area (Å²) in [7, 11) is 0. The summed E-state index contributed by atoms with van der Waals surface area (Å²) in [6.45, 7) is 4.78. The number of benzene rings is 1. The Labute approximate surface area is 110 Å². The maximum Gasteiger partial charge on any atom is -0.00169 e. The Kier molecular flexibility index (Phi) is 3.96. The molecule has 0 radical (unpaired) electrons. The number of rotatable bonds is 3. The van der Waals surface area contributed by atoms with E-state index in [2.05, 4.69) is 34.9 Å². The highest BCUT2D eigenvalue weighted by atomic mass is 14.9. The third-order valence-electron chi connectivity index (χ3n) is 4.45. The molecule has 0 amide bonds. The molecule has 2 N–H and O–H groups in total. The van der Waals surface area contributed by atoms with Crippen molar-refractivity contribution < 1.29 is 0 Å². The smallest absolute Gasteiger partial charge is 0.00169 e. The molecule has 1 aromatic rings. The molecule has 1 atom stereocenters. The largest absolute Gasteiger partial charge is 0.317 e. The van der Waals surface area contributed by atoms with E-state index in [1.165, 1.54) is 51.9 Å². The van der Waals surface area contributed by atoms with Gasteiger partial charge in [-0.3, -0.25) is 0 Å². The number of hydrogen-bond donors (Lipinski definition) is 2. The highest BCUT2D eigenvalue weighted by Crippen LogP contribution is 2.26. The molecular weight excluding hydrogens is 220 g/mol. The Morgan fingerprint density at radius 1 is 1.00 bits per heavy atom. The van der Waals surface area contributed by atoms with Crippen molar-refractivity contribution in [3.05, 3.63) is 35.4 Å². The zero-order valence-electron chi connectivity index (χ0n) is 11.1. The summed E-state index contributed by atoms with van der Waals surface area (Å²) in [4.78, 5) is 0. The molecule has 0 aliphatic carbocycles. The quantitative estimate of drug-likeness (QED) is 0.852. The zero-order valence-corrected chi connectivity index (χ0v) is 11.1. The van der Waals surface area contributed by atoms with Crippen LogP contribution in [0.15, 0.2) is 24.3 Å². The first kappa shape index (κ1) is 12.2. The van der Waals surface area contributed by atoms with E-state index in [-0.39, 0.29) is 0 Å². The van der Waals surface area contributed by atoms with Crippen molar-refractivity contribution >= 4 is 0 Å². The van der Waals surface area contributed by atoms with E-state index in [0.29, 0.717) is 0 Å². The molecule has 2 fully saturated rings. The molecule has 2 saturated heterocycles. The minimum atomic E-state index is 0.785. The van der Waals surface area contributed by atoms with Crippen LogP contribution in [0.25, 0.3) is 0 Å². The lowest BCUT2D eigenvalue weighted by molar-refractivity contribution is 0.460. The standard InChI is InChI=1S/C16H24N2/c1-2-13(10-14-4-7-18-12-14)11-16(3-1)15-5-8-17-9-6-15/h1-3,11,14-15,17-18H,4-10,12H2. The van der Waals surface area contributed by atoms with Crippen LogP contribution in [0.2, 0.25) is 0 Å². The summed E-state index contributed by atoms with van der Waals surface area (Å²) in [6, 6.07) is 9.36. The van der Waals surface area contributed by atoms with E-state index in [9.17, 15) is 0 Å². The second kappa shape index (κ2) is 5.85. The van der Waals surface area contributed by atoms with Crippen LogP contribution in [0.5, 0.6) is 0 Å². The molecule has 3 rings (SSSR count). The van der Waals surface area contributed by atoms with Crippen molar-refractivity contribution in [3.63, 3.8) is 0 Å². The third-order valence-corrected chi connectivity index (χ3v) is 4.45. The Balaban J connectivity index is 1.67. The summed E-state index contributed by atoms with van der Waals surface area (Å²) in [5.74, 6) is 1.64. The molecule has 0 aromatic heterocycles. The average Bonchev–Trinajstić information content (AvgIpc) is 2.93. The first-order valence-corrected chi connectivity index (χ1v) is 7.42. The van der Waals surface area contributed by atoms with Crippen molar-refractivity contribution in [2.45, 2.75) is 31.6 Å². The summed E-state index contributed by atoms with van der Waals surface area (Å²) >= 11 is 0. The van der Waals surface area contributed by atoms with Crippen LogP contribution in [-0.4, -0.2) is 26.2 Å². The SMILES string of the molecule is c1cc(CC2CCNC2)cc(C2CCNCC2)c1. The van der Waals surface area contributed by atoms with E-state index < -0.39 is 0 Å². The molecule has 2 heterocycles. The molecule has 2 nitrogen and oxygen atoms in total. The molecule has 2 heteroatoms. The molecule has 2 aliphatic rings. The van der Waals surface area contributed by atoms with Crippen molar-refractivity contribution in [3.8, 4) is 0 Å². The molecule has 0 saturated carbocycles. The van der Waals surface area contributed by atoms with Gasteiger partial charge in [-0.25, -0.2) is 0 Å². The van der Waals surface area contributed by atoms with E-state index >= 15 is 0 Å². The van der Waals surface area contributed by atoms with Crippen LogP contribution in [0.1, 0.15) is 36.3 Å². The van der Waals surface area contributed by atoms with Gasteiger partial charge >= 0.3 is 0 Å². The topological polar surface area (TPSA) is 24.1 Å². The summed E-state index contributed by atoms with van der Waals surface area (Å²) in [5.41, 5.74) is 3.11. The molecule has 2 aliphatic heterocycles. The van der Waals surface area contributed by atoms with E-state index in [1.54, 1.807) is 11.1 Å². The van der Waals surface area contributed by atoms with Gasteiger partial charge in [0.1, 0.15) is 0 Å². The lowest BCUT2D eigenvalue weighted by atomic mass is 9.88. The fourth-order valence-electron chi connectivity index (χ4n) is 3.35.